The molecule has 0 aliphatic heterocycles. The molecule has 0 N–H and O–H groups in total. The summed E-state index contributed by atoms with van der Waals surface area (Å²) in [6, 6.07) is 19.4. The monoisotopic (exact) mass is 392 g/mol. The van der Waals surface area contributed by atoms with Gasteiger partial charge in [-0.05, 0) is 54.5 Å². The van der Waals surface area contributed by atoms with Crippen molar-refractivity contribution in [1.29, 1.82) is 0 Å². The van der Waals surface area contributed by atoms with E-state index in [-0.39, 0.29) is 5.78 Å². The fraction of sp³-hybridized carbons (Fsp3) is 0.208. The number of ether oxygens (including phenoxy) is 2. The minimum absolute atomic E-state index is 0.0326. The van der Waals surface area contributed by atoms with E-state index in [9.17, 15) is 4.79 Å². The third-order valence-electron chi connectivity index (χ3n) is 4.27. The van der Waals surface area contributed by atoms with Crippen LogP contribution in [0.4, 0.5) is 0 Å². The number of carbonyl (C=O) groups is 1. The molecule has 3 aromatic rings. The van der Waals surface area contributed by atoms with Gasteiger partial charge in [-0.1, -0.05) is 43.7 Å². The average molecular weight is 393 g/mol. The van der Waals surface area contributed by atoms with Crippen molar-refractivity contribution in [1.82, 2.24) is 0 Å². The molecule has 144 valence electrons. The molecule has 0 bridgehead atoms. The second-order valence-electron chi connectivity index (χ2n) is 6.39. The molecule has 0 aliphatic rings. The fourth-order valence-corrected chi connectivity index (χ4v) is 3.87. The molecule has 0 aliphatic carbocycles. The molecular formula is C24H24O3S. The van der Waals surface area contributed by atoms with Gasteiger partial charge in [0.05, 0.1) is 12.0 Å². The maximum Gasteiger partial charge on any atom is 0.195 e. The van der Waals surface area contributed by atoms with Crippen LogP contribution in [-0.2, 0) is 13.0 Å². The van der Waals surface area contributed by atoms with E-state index in [0.717, 1.165) is 40.3 Å². The molecule has 0 amide bonds. The summed E-state index contributed by atoms with van der Waals surface area (Å²) in [4.78, 5) is 14.5. The number of hydrogen-bond acceptors (Lipinski definition) is 4. The number of methoxy groups -OCH3 is 1. The molecule has 28 heavy (non-hydrogen) atoms. The number of ketones is 1. The lowest BCUT2D eigenvalue weighted by molar-refractivity contribution is 0.105. The van der Waals surface area contributed by atoms with Crippen LogP contribution in [0.25, 0.3) is 6.08 Å². The number of aryl methyl sites for hydroxylation is 1. The highest BCUT2D eigenvalue weighted by molar-refractivity contribution is 7.14. The van der Waals surface area contributed by atoms with Crippen LogP contribution in [0.1, 0.15) is 39.0 Å². The van der Waals surface area contributed by atoms with Gasteiger partial charge in [0.15, 0.2) is 5.78 Å². The third-order valence-corrected chi connectivity index (χ3v) is 5.43. The van der Waals surface area contributed by atoms with Crippen LogP contribution < -0.4 is 9.47 Å². The van der Waals surface area contributed by atoms with Crippen LogP contribution in [0.15, 0.2) is 66.7 Å². The van der Waals surface area contributed by atoms with Crippen molar-refractivity contribution in [3.63, 3.8) is 0 Å². The molecule has 0 saturated carbocycles. The molecule has 0 fully saturated rings. The van der Waals surface area contributed by atoms with E-state index in [1.165, 1.54) is 4.88 Å². The number of carbonyl (C=O) groups excluding carboxylic acids is 1. The largest absolute Gasteiger partial charge is 0.496 e. The Morgan fingerprint density at radius 1 is 1.07 bits per heavy atom. The first kappa shape index (κ1) is 19.9. The molecule has 4 heteroatoms. The lowest BCUT2D eigenvalue weighted by Gasteiger charge is -2.11. The molecule has 0 radical (unpaired) electrons. The lowest BCUT2D eigenvalue weighted by Crippen LogP contribution is -1.99. The maximum absolute atomic E-state index is 12.4. The Morgan fingerprint density at radius 3 is 2.64 bits per heavy atom. The number of benzene rings is 2. The molecule has 2 aromatic carbocycles. The van der Waals surface area contributed by atoms with Crippen LogP contribution in [0.5, 0.6) is 11.5 Å². The van der Waals surface area contributed by atoms with Crippen molar-refractivity contribution in [2.24, 2.45) is 0 Å². The summed E-state index contributed by atoms with van der Waals surface area (Å²) in [5.74, 6) is 1.60. The number of para-hydroxylation sites is 1. The molecule has 3 nitrogen and oxygen atoms in total. The van der Waals surface area contributed by atoms with Gasteiger partial charge in [0.2, 0.25) is 0 Å². The molecule has 1 aromatic heterocycles. The van der Waals surface area contributed by atoms with E-state index in [0.29, 0.717) is 6.61 Å². The predicted molar refractivity (Wildman–Crippen MR) is 115 cm³/mol. The summed E-state index contributed by atoms with van der Waals surface area (Å²) in [7, 11) is 1.64. The highest BCUT2D eigenvalue weighted by Gasteiger charge is 2.08. The first-order chi connectivity index (χ1) is 13.7. The van der Waals surface area contributed by atoms with Crippen LogP contribution in [0.2, 0.25) is 0 Å². The van der Waals surface area contributed by atoms with Crippen molar-refractivity contribution < 1.29 is 14.3 Å². The quantitative estimate of drug-likeness (QED) is 0.322. The smallest absolute Gasteiger partial charge is 0.195 e. The van der Waals surface area contributed by atoms with Crippen molar-refractivity contribution in [2.75, 3.05) is 7.11 Å². The maximum atomic E-state index is 12.4. The molecular weight excluding hydrogens is 368 g/mol. The van der Waals surface area contributed by atoms with Gasteiger partial charge in [-0.2, -0.15) is 0 Å². The minimum Gasteiger partial charge on any atom is -0.496 e. The van der Waals surface area contributed by atoms with Crippen molar-refractivity contribution >= 4 is 23.2 Å². The highest BCUT2D eigenvalue weighted by Crippen LogP contribution is 2.24. The molecule has 1 heterocycles. The minimum atomic E-state index is 0.0326. The van der Waals surface area contributed by atoms with Gasteiger partial charge in [0.25, 0.3) is 0 Å². The Balaban J connectivity index is 1.70. The molecule has 0 unspecified atom stereocenters. The summed E-state index contributed by atoms with van der Waals surface area (Å²) in [5, 5.41) is 0. The number of thiophene rings is 1. The lowest BCUT2D eigenvalue weighted by atomic mass is 10.1. The van der Waals surface area contributed by atoms with Crippen molar-refractivity contribution in [2.45, 2.75) is 26.4 Å². The van der Waals surface area contributed by atoms with Gasteiger partial charge >= 0.3 is 0 Å². The SMILES string of the molecule is CCCc1ccc(C(=O)/C=C/c2ccc(OC)c(COc3ccccc3)c2)s1. The van der Waals surface area contributed by atoms with Crippen LogP contribution in [0.3, 0.4) is 0 Å². The van der Waals surface area contributed by atoms with E-state index in [1.807, 2.05) is 66.7 Å². The first-order valence-corrected chi connectivity index (χ1v) is 10.2. The normalized spacial score (nSPS) is 10.9. The summed E-state index contributed by atoms with van der Waals surface area (Å²) >= 11 is 1.57. The van der Waals surface area contributed by atoms with Gasteiger partial charge in [-0.15, -0.1) is 11.3 Å². The van der Waals surface area contributed by atoms with Crippen molar-refractivity contribution in [3.05, 3.63) is 87.6 Å². The fourth-order valence-electron chi connectivity index (χ4n) is 2.84. The van der Waals surface area contributed by atoms with Gasteiger partial charge in [0.1, 0.15) is 18.1 Å². The van der Waals surface area contributed by atoms with Gasteiger partial charge in [-0.25, -0.2) is 0 Å². The van der Waals surface area contributed by atoms with Crippen molar-refractivity contribution in [3.8, 4) is 11.5 Å². The van der Waals surface area contributed by atoms with Crippen LogP contribution in [0, 0.1) is 0 Å². The summed E-state index contributed by atoms with van der Waals surface area (Å²) in [5.41, 5.74) is 1.87. The Hall–Kier alpha value is -2.85. The Bertz CT molecular complexity index is 941. The zero-order chi connectivity index (χ0) is 19.8. The van der Waals surface area contributed by atoms with Gasteiger partial charge in [0, 0.05) is 10.4 Å². The van der Waals surface area contributed by atoms with Crippen LogP contribution >= 0.6 is 11.3 Å². The number of hydrogen-bond donors (Lipinski definition) is 0. The number of allylic oxidation sites excluding steroid dienone is 1. The molecule has 3 rings (SSSR count). The van der Waals surface area contributed by atoms with Crippen LogP contribution in [-0.4, -0.2) is 12.9 Å². The summed E-state index contributed by atoms with van der Waals surface area (Å²) in [6.45, 7) is 2.54. The second-order valence-corrected chi connectivity index (χ2v) is 7.55. The van der Waals surface area contributed by atoms with E-state index in [2.05, 4.69) is 6.92 Å². The number of rotatable bonds is 9. The first-order valence-electron chi connectivity index (χ1n) is 9.35. The van der Waals surface area contributed by atoms with E-state index in [1.54, 1.807) is 24.5 Å². The van der Waals surface area contributed by atoms with E-state index in [4.69, 9.17) is 9.47 Å². The Kier molecular flexibility index (Phi) is 7.04. The zero-order valence-corrected chi connectivity index (χ0v) is 17.0. The second kappa shape index (κ2) is 9.90. The van der Waals surface area contributed by atoms with E-state index < -0.39 is 0 Å². The zero-order valence-electron chi connectivity index (χ0n) is 16.2. The summed E-state index contributed by atoms with van der Waals surface area (Å²) < 4.78 is 11.3. The molecule has 0 spiro atoms. The Labute approximate surface area is 170 Å². The summed E-state index contributed by atoms with van der Waals surface area (Å²) in [6.07, 6.45) is 5.58. The Morgan fingerprint density at radius 2 is 1.89 bits per heavy atom. The topological polar surface area (TPSA) is 35.5 Å². The average Bonchev–Trinajstić information content (AvgIpc) is 3.20. The predicted octanol–water partition coefficient (Wildman–Crippen LogP) is 6.18. The molecule has 0 saturated heterocycles. The van der Waals surface area contributed by atoms with Gasteiger partial charge < -0.3 is 9.47 Å². The standard InChI is InChI=1S/C24H24O3S/c1-3-7-21-12-15-24(28-21)22(25)13-10-18-11-14-23(26-2)19(16-18)17-27-20-8-5-4-6-9-20/h4-6,8-16H,3,7,17H2,1-2H3/b13-10+. The third kappa shape index (κ3) is 5.33. The molecule has 0 atom stereocenters. The van der Waals surface area contributed by atoms with Gasteiger partial charge in [-0.3, -0.25) is 4.79 Å². The highest BCUT2D eigenvalue weighted by atomic mass is 32.1. The van der Waals surface area contributed by atoms with E-state index >= 15 is 0 Å².